The molecule has 2 rings (SSSR count). The predicted octanol–water partition coefficient (Wildman–Crippen LogP) is 2.51. The maximum atomic E-state index is 11.0. The lowest BCUT2D eigenvalue weighted by molar-refractivity contribution is -0.385. The molecule has 0 spiro atoms. The van der Waals surface area contributed by atoms with E-state index in [1.807, 2.05) is 13.1 Å². The zero-order valence-corrected chi connectivity index (χ0v) is 11.6. The zero-order valence-electron chi connectivity index (χ0n) is 11.6. The van der Waals surface area contributed by atoms with Crippen molar-refractivity contribution in [3.63, 3.8) is 0 Å². The average molecular weight is 274 g/mol. The summed E-state index contributed by atoms with van der Waals surface area (Å²) in [6, 6.07) is 6.96. The van der Waals surface area contributed by atoms with Gasteiger partial charge in [0.2, 0.25) is 0 Å². The third-order valence-electron chi connectivity index (χ3n) is 3.18. The second-order valence-corrected chi connectivity index (χ2v) is 4.64. The fraction of sp³-hybridized carbons (Fsp3) is 0.357. The maximum Gasteiger partial charge on any atom is 0.274 e. The van der Waals surface area contributed by atoms with Crippen molar-refractivity contribution in [2.45, 2.75) is 26.4 Å². The van der Waals surface area contributed by atoms with Crippen molar-refractivity contribution in [3.05, 3.63) is 57.9 Å². The second-order valence-electron chi connectivity index (χ2n) is 4.64. The van der Waals surface area contributed by atoms with E-state index >= 15 is 0 Å². The fourth-order valence-corrected chi connectivity index (χ4v) is 2.11. The minimum Gasteiger partial charge on any atom is -0.310 e. The Morgan fingerprint density at radius 3 is 2.90 bits per heavy atom. The summed E-state index contributed by atoms with van der Waals surface area (Å²) >= 11 is 0. The Hall–Kier alpha value is -2.21. The van der Waals surface area contributed by atoms with Crippen LogP contribution in [0.15, 0.2) is 36.7 Å². The Morgan fingerprint density at radius 1 is 1.45 bits per heavy atom. The van der Waals surface area contributed by atoms with E-state index in [2.05, 4.69) is 17.3 Å². The molecule has 0 aliphatic rings. The van der Waals surface area contributed by atoms with Crippen LogP contribution in [0, 0.1) is 10.1 Å². The lowest BCUT2D eigenvalue weighted by Gasteiger charge is -2.08. The van der Waals surface area contributed by atoms with Crippen LogP contribution in [0.2, 0.25) is 0 Å². The van der Waals surface area contributed by atoms with Crippen LogP contribution in [0.3, 0.4) is 0 Å². The molecule has 0 amide bonds. The van der Waals surface area contributed by atoms with Gasteiger partial charge in [-0.05, 0) is 13.5 Å². The Morgan fingerprint density at radius 2 is 2.20 bits per heavy atom. The minimum absolute atomic E-state index is 0.129. The summed E-state index contributed by atoms with van der Waals surface area (Å²) in [6.07, 6.45) is 3.71. The smallest absolute Gasteiger partial charge is 0.274 e. The first-order valence-electron chi connectivity index (χ1n) is 6.59. The first-order chi connectivity index (χ1) is 9.61. The van der Waals surface area contributed by atoms with Crippen LogP contribution in [-0.2, 0) is 6.54 Å². The number of aromatic nitrogens is 2. The molecule has 0 bridgehead atoms. The minimum atomic E-state index is -0.360. The Bertz CT molecular complexity index is 594. The van der Waals surface area contributed by atoms with Crippen molar-refractivity contribution in [1.29, 1.82) is 0 Å². The highest BCUT2D eigenvalue weighted by Crippen LogP contribution is 2.19. The van der Waals surface area contributed by atoms with E-state index in [-0.39, 0.29) is 16.7 Å². The van der Waals surface area contributed by atoms with Gasteiger partial charge in [0.25, 0.3) is 5.69 Å². The summed E-state index contributed by atoms with van der Waals surface area (Å²) in [4.78, 5) is 10.6. The van der Waals surface area contributed by atoms with Gasteiger partial charge in [-0.25, -0.2) is 0 Å². The first-order valence-corrected chi connectivity index (χ1v) is 6.59. The van der Waals surface area contributed by atoms with Crippen molar-refractivity contribution in [2.75, 3.05) is 6.54 Å². The van der Waals surface area contributed by atoms with Crippen molar-refractivity contribution < 1.29 is 4.92 Å². The molecule has 0 aliphatic carbocycles. The van der Waals surface area contributed by atoms with Crippen LogP contribution in [0.5, 0.6) is 0 Å². The topological polar surface area (TPSA) is 73.0 Å². The Kier molecular flexibility index (Phi) is 4.47. The molecule has 1 aromatic carbocycles. The van der Waals surface area contributed by atoms with Crippen LogP contribution in [0.25, 0.3) is 0 Å². The van der Waals surface area contributed by atoms with Crippen LogP contribution >= 0.6 is 0 Å². The SMILES string of the molecule is CCNC(C)c1cnn(Cc2ccccc2[N+](=O)[O-])c1. The van der Waals surface area contributed by atoms with Gasteiger partial charge in [-0.2, -0.15) is 5.10 Å². The summed E-state index contributed by atoms with van der Waals surface area (Å²) in [5.74, 6) is 0. The standard InChI is InChI=1S/C14H18N4O2/c1-3-15-11(2)13-8-16-17(10-13)9-12-6-4-5-7-14(12)18(19)20/h4-8,10-11,15H,3,9H2,1-2H3. The molecule has 6 nitrogen and oxygen atoms in total. The molecule has 1 aromatic heterocycles. The molecule has 20 heavy (non-hydrogen) atoms. The molecule has 0 fully saturated rings. The number of rotatable bonds is 6. The lowest BCUT2D eigenvalue weighted by Crippen LogP contribution is -2.17. The summed E-state index contributed by atoms with van der Waals surface area (Å²) in [6.45, 7) is 5.40. The molecule has 0 saturated heterocycles. The van der Waals surface area contributed by atoms with Gasteiger partial charge in [0.1, 0.15) is 0 Å². The zero-order chi connectivity index (χ0) is 14.5. The third-order valence-corrected chi connectivity index (χ3v) is 3.18. The molecular formula is C14H18N4O2. The van der Waals surface area contributed by atoms with Crippen molar-refractivity contribution in [1.82, 2.24) is 15.1 Å². The number of hydrogen-bond acceptors (Lipinski definition) is 4. The molecule has 6 heteroatoms. The normalized spacial score (nSPS) is 12.3. The monoisotopic (exact) mass is 274 g/mol. The van der Waals surface area contributed by atoms with Crippen molar-refractivity contribution in [3.8, 4) is 0 Å². The predicted molar refractivity (Wildman–Crippen MR) is 76.5 cm³/mol. The molecule has 1 atom stereocenters. The summed E-state index contributed by atoms with van der Waals surface area (Å²) < 4.78 is 1.73. The van der Waals surface area contributed by atoms with Gasteiger partial charge in [0.15, 0.2) is 0 Å². The molecule has 1 N–H and O–H groups in total. The van der Waals surface area contributed by atoms with E-state index in [9.17, 15) is 10.1 Å². The van der Waals surface area contributed by atoms with Crippen molar-refractivity contribution in [2.24, 2.45) is 0 Å². The highest BCUT2D eigenvalue weighted by molar-refractivity contribution is 5.39. The van der Waals surface area contributed by atoms with E-state index in [0.29, 0.717) is 12.1 Å². The quantitative estimate of drug-likeness (QED) is 0.649. The Labute approximate surface area is 117 Å². The van der Waals surface area contributed by atoms with Gasteiger partial charge in [0.05, 0.1) is 23.2 Å². The number of para-hydroxylation sites is 1. The van der Waals surface area contributed by atoms with Crippen LogP contribution in [0.1, 0.15) is 31.0 Å². The number of hydrogen-bond donors (Lipinski definition) is 1. The van der Waals surface area contributed by atoms with E-state index in [4.69, 9.17) is 0 Å². The fourth-order valence-electron chi connectivity index (χ4n) is 2.11. The lowest BCUT2D eigenvalue weighted by atomic mass is 10.2. The number of nitrogens with one attached hydrogen (secondary N) is 1. The van der Waals surface area contributed by atoms with Crippen molar-refractivity contribution >= 4 is 5.69 Å². The number of nitro groups is 1. The summed E-state index contributed by atoms with van der Waals surface area (Å²) in [7, 11) is 0. The number of nitrogens with zero attached hydrogens (tertiary/aromatic N) is 3. The molecule has 106 valence electrons. The molecule has 0 radical (unpaired) electrons. The van der Waals surface area contributed by atoms with Gasteiger partial charge >= 0.3 is 0 Å². The van der Waals surface area contributed by atoms with E-state index in [0.717, 1.165) is 12.1 Å². The molecule has 0 aliphatic heterocycles. The maximum absolute atomic E-state index is 11.0. The first kappa shape index (κ1) is 14.2. The summed E-state index contributed by atoms with van der Waals surface area (Å²) in [5, 5.41) is 18.6. The number of nitro benzene ring substituents is 1. The van der Waals surface area contributed by atoms with Crippen LogP contribution in [-0.4, -0.2) is 21.2 Å². The molecule has 2 aromatic rings. The highest BCUT2D eigenvalue weighted by Gasteiger charge is 2.13. The third kappa shape index (κ3) is 3.21. The molecule has 0 saturated carbocycles. The number of benzene rings is 1. The highest BCUT2D eigenvalue weighted by atomic mass is 16.6. The molecule has 1 unspecified atom stereocenters. The molecule has 1 heterocycles. The van der Waals surface area contributed by atoms with Crippen LogP contribution < -0.4 is 5.32 Å². The molecular weight excluding hydrogens is 256 g/mol. The van der Waals surface area contributed by atoms with Crippen LogP contribution in [0.4, 0.5) is 5.69 Å². The van der Waals surface area contributed by atoms with Gasteiger partial charge in [-0.1, -0.05) is 25.1 Å². The van der Waals surface area contributed by atoms with E-state index < -0.39 is 0 Å². The van der Waals surface area contributed by atoms with Gasteiger partial charge in [0, 0.05) is 23.9 Å². The Balaban J connectivity index is 2.17. The average Bonchev–Trinajstić information content (AvgIpc) is 2.88. The van der Waals surface area contributed by atoms with Gasteiger partial charge < -0.3 is 5.32 Å². The van der Waals surface area contributed by atoms with E-state index in [1.54, 1.807) is 29.1 Å². The van der Waals surface area contributed by atoms with E-state index in [1.165, 1.54) is 6.07 Å². The van der Waals surface area contributed by atoms with Gasteiger partial charge in [-0.15, -0.1) is 0 Å². The second kappa shape index (κ2) is 6.29. The summed E-state index contributed by atoms with van der Waals surface area (Å²) in [5.41, 5.74) is 1.86. The van der Waals surface area contributed by atoms with Gasteiger partial charge in [-0.3, -0.25) is 14.8 Å². The largest absolute Gasteiger partial charge is 0.310 e.